The molecule has 3 aliphatic rings. The van der Waals surface area contributed by atoms with Crippen LogP contribution in [0.15, 0.2) is 22.3 Å². The molecule has 0 aromatic carbocycles. The molecule has 0 N–H and O–H groups in total. The average molecular weight is 516 g/mol. The number of nitrogens with zero attached hydrogens (tertiary/aromatic N) is 5. The number of piperazine rings is 1. The lowest BCUT2D eigenvalue weighted by Crippen LogP contribution is -2.57. The number of hydrogen-bond acceptors (Lipinski definition) is 7. The third kappa shape index (κ3) is 5.31. The number of carbonyl (C=O) groups is 1. The summed E-state index contributed by atoms with van der Waals surface area (Å²) < 4.78 is 21.2. The van der Waals surface area contributed by atoms with Crippen molar-refractivity contribution in [2.24, 2.45) is 4.99 Å². The molecule has 7 nitrogen and oxygen atoms in total. The van der Waals surface area contributed by atoms with E-state index in [-0.39, 0.29) is 30.0 Å². The number of rotatable bonds is 5. The molecule has 1 aliphatic carbocycles. The van der Waals surface area contributed by atoms with E-state index in [1.807, 2.05) is 52.5 Å². The van der Waals surface area contributed by atoms with Crippen molar-refractivity contribution in [3.63, 3.8) is 0 Å². The average Bonchev–Trinajstić information content (AvgIpc) is 3.08. The highest BCUT2D eigenvalue weighted by molar-refractivity contribution is 7.99. The summed E-state index contributed by atoms with van der Waals surface area (Å²) >= 11 is 1.50. The van der Waals surface area contributed by atoms with Gasteiger partial charge in [-0.1, -0.05) is 31.7 Å². The molecule has 196 valence electrons. The minimum atomic E-state index is -0.540. The van der Waals surface area contributed by atoms with Crippen molar-refractivity contribution >= 4 is 40.8 Å². The van der Waals surface area contributed by atoms with Crippen LogP contribution in [0.4, 0.5) is 15.0 Å². The molecule has 3 heterocycles. The Morgan fingerprint density at radius 1 is 1.28 bits per heavy atom. The molecule has 1 aromatic rings. The van der Waals surface area contributed by atoms with Gasteiger partial charge in [0.05, 0.1) is 23.4 Å². The van der Waals surface area contributed by atoms with Gasteiger partial charge in [-0.2, -0.15) is 0 Å². The van der Waals surface area contributed by atoms with Crippen molar-refractivity contribution in [3.8, 4) is 0 Å². The highest BCUT2D eigenvalue weighted by atomic mass is 32.2. The third-order valence-electron chi connectivity index (χ3n) is 6.80. The summed E-state index contributed by atoms with van der Waals surface area (Å²) in [6.07, 6.45) is 5.92. The van der Waals surface area contributed by atoms with Crippen molar-refractivity contribution in [3.05, 3.63) is 23.4 Å². The maximum atomic E-state index is 15.5. The van der Waals surface area contributed by atoms with Gasteiger partial charge >= 0.3 is 6.09 Å². The van der Waals surface area contributed by atoms with E-state index in [1.54, 1.807) is 0 Å². The second kappa shape index (κ2) is 10.5. The van der Waals surface area contributed by atoms with Gasteiger partial charge in [0.1, 0.15) is 17.1 Å². The lowest BCUT2D eigenvalue weighted by atomic mass is 9.92. The van der Waals surface area contributed by atoms with Crippen LogP contribution in [0.2, 0.25) is 0 Å². The Hall–Kier alpha value is -2.42. The van der Waals surface area contributed by atoms with Gasteiger partial charge in [0.2, 0.25) is 0 Å². The Morgan fingerprint density at radius 3 is 2.50 bits per heavy atom. The number of ether oxygens (including phenoxy) is 1. The summed E-state index contributed by atoms with van der Waals surface area (Å²) in [4.78, 5) is 31.5. The first-order valence-electron chi connectivity index (χ1n) is 13.0. The highest BCUT2D eigenvalue weighted by Gasteiger charge is 2.45. The number of carbonyl (C=O) groups excluding carboxylic acids is 1. The zero-order valence-corrected chi connectivity index (χ0v) is 23.3. The number of halogens is 1. The molecule has 1 amide bonds. The van der Waals surface area contributed by atoms with Crippen LogP contribution in [-0.4, -0.2) is 69.2 Å². The van der Waals surface area contributed by atoms with Crippen molar-refractivity contribution in [1.29, 1.82) is 0 Å². The zero-order valence-electron chi connectivity index (χ0n) is 22.5. The predicted octanol–water partition coefficient (Wildman–Crippen LogP) is 6.14. The number of amides is 1. The van der Waals surface area contributed by atoms with Crippen LogP contribution in [0, 0.1) is 0 Å². The molecule has 3 unspecified atom stereocenters. The van der Waals surface area contributed by atoms with Crippen LogP contribution in [0.25, 0.3) is 11.4 Å². The fraction of sp³-hybridized carbons (Fsp3) is 0.630. The molecule has 4 rings (SSSR count). The molecule has 0 radical (unpaired) electrons. The zero-order chi connectivity index (χ0) is 26.2. The van der Waals surface area contributed by atoms with Gasteiger partial charge in [0.15, 0.2) is 11.0 Å². The van der Waals surface area contributed by atoms with E-state index in [9.17, 15) is 4.79 Å². The van der Waals surface area contributed by atoms with E-state index in [4.69, 9.17) is 14.7 Å². The largest absolute Gasteiger partial charge is 0.444 e. The van der Waals surface area contributed by atoms with Gasteiger partial charge in [-0.25, -0.2) is 19.2 Å². The predicted molar refractivity (Wildman–Crippen MR) is 145 cm³/mol. The number of anilines is 1. The first-order chi connectivity index (χ1) is 17.1. The van der Waals surface area contributed by atoms with Crippen LogP contribution in [0.3, 0.4) is 0 Å². The molecule has 2 aliphatic heterocycles. The van der Waals surface area contributed by atoms with Crippen molar-refractivity contribution in [2.75, 3.05) is 23.7 Å². The van der Waals surface area contributed by atoms with E-state index in [0.29, 0.717) is 35.2 Å². The van der Waals surface area contributed by atoms with E-state index < -0.39 is 5.60 Å². The monoisotopic (exact) mass is 515 g/mol. The van der Waals surface area contributed by atoms with Gasteiger partial charge < -0.3 is 9.64 Å². The molecule has 3 atom stereocenters. The fourth-order valence-corrected chi connectivity index (χ4v) is 5.65. The lowest BCUT2D eigenvalue weighted by Gasteiger charge is -2.42. The maximum Gasteiger partial charge on any atom is 0.410 e. The first kappa shape index (κ1) is 26.6. The van der Waals surface area contributed by atoms with Gasteiger partial charge in [-0.3, -0.25) is 9.89 Å². The summed E-state index contributed by atoms with van der Waals surface area (Å²) in [6, 6.07) is 0.128. The van der Waals surface area contributed by atoms with Crippen molar-refractivity contribution in [1.82, 2.24) is 14.9 Å². The molecule has 2 fully saturated rings. The van der Waals surface area contributed by atoms with E-state index in [2.05, 4.69) is 16.8 Å². The van der Waals surface area contributed by atoms with Crippen LogP contribution >= 0.6 is 11.8 Å². The van der Waals surface area contributed by atoms with E-state index in [1.165, 1.54) is 17.8 Å². The van der Waals surface area contributed by atoms with Crippen molar-refractivity contribution in [2.45, 2.75) is 96.6 Å². The highest BCUT2D eigenvalue weighted by Crippen LogP contribution is 2.42. The third-order valence-corrected chi connectivity index (χ3v) is 7.53. The quantitative estimate of drug-likeness (QED) is 0.346. The summed E-state index contributed by atoms with van der Waals surface area (Å²) in [7, 11) is 0. The smallest absolute Gasteiger partial charge is 0.410 e. The molecule has 0 saturated carbocycles. The number of aliphatic imine (C=N–C) groups is 1. The van der Waals surface area contributed by atoms with Gasteiger partial charge in [-0.05, 0) is 59.6 Å². The van der Waals surface area contributed by atoms with Crippen LogP contribution in [-0.2, 0) is 4.74 Å². The Labute approximate surface area is 218 Å². The summed E-state index contributed by atoms with van der Waals surface area (Å²) in [5.41, 5.74) is 1.98. The first-order valence-corrected chi connectivity index (χ1v) is 14.0. The second-order valence-corrected chi connectivity index (χ2v) is 11.9. The normalized spacial score (nSPS) is 24.7. The minimum Gasteiger partial charge on any atom is -0.444 e. The second-order valence-electron chi connectivity index (χ2n) is 10.6. The summed E-state index contributed by atoms with van der Waals surface area (Å²) in [6.45, 7) is 15.0. The number of allylic oxidation sites excluding steroid dienone is 3. The lowest BCUT2D eigenvalue weighted by molar-refractivity contribution is 0.0122. The minimum absolute atomic E-state index is 0.0257. The summed E-state index contributed by atoms with van der Waals surface area (Å²) in [5, 5.41) is 0.564. The van der Waals surface area contributed by atoms with Crippen LogP contribution < -0.4 is 4.90 Å². The van der Waals surface area contributed by atoms with E-state index in [0.717, 1.165) is 36.4 Å². The Balaban J connectivity index is 1.75. The van der Waals surface area contributed by atoms with Gasteiger partial charge in [0, 0.05) is 30.8 Å². The van der Waals surface area contributed by atoms with Crippen LogP contribution in [0.1, 0.15) is 79.0 Å². The Kier molecular flexibility index (Phi) is 7.78. The maximum absolute atomic E-state index is 15.5. The fourth-order valence-electron chi connectivity index (χ4n) is 5.08. The molecule has 36 heavy (non-hydrogen) atoms. The topological polar surface area (TPSA) is 70.9 Å². The molecule has 2 bridgehead atoms. The van der Waals surface area contributed by atoms with Crippen LogP contribution in [0.5, 0.6) is 0 Å². The molecular weight excluding hydrogens is 477 g/mol. The molecule has 0 spiro atoms. The number of fused-ring (bicyclic) bond motifs is 3. The molecule has 1 aromatic heterocycles. The number of hydrogen-bond donors (Lipinski definition) is 0. The Morgan fingerprint density at radius 2 is 1.94 bits per heavy atom. The van der Waals surface area contributed by atoms with E-state index >= 15 is 4.39 Å². The standard InChI is InChI=1S/C27H38FN5O2S/c1-8-16(4)29-21-13-20(28)23-22(19(21)9-2)24(31-25(30-23)36-10-3)32-14-17-11-12-18(15-32)33(17)26(34)35-27(5,6)7/h9,13,16-18H,8,10-12,14-15H2,1-7H3/b19-9+,29-21?. The van der Waals surface area contributed by atoms with Gasteiger partial charge in [-0.15, -0.1) is 0 Å². The number of thioether (sulfide) groups is 1. The van der Waals surface area contributed by atoms with Crippen molar-refractivity contribution < 1.29 is 13.9 Å². The van der Waals surface area contributed by atoms with Gasteiger partial charge in [0.25, 0.3) is 0 Å². The molecular formula is C27H38FN5O2S. The molecule has 9 heteroatoms. The number of aromatic nitrogens is 2. The Bertz CT molecular complexity index is 1100. The summed E-state index contributed by atoms with van der Waals surface area (Å²) in [5.74, 6) is 1.14. The molecule has 2 saturated heterocycles. The SMILES string of the molecule is C/C=C1\C(=NC(C)CC)C=C(F)c2nc(SCC)nc(N3CC4CCC(C3)N4C(=O)OC(C)(C)C)c21.